The zero-order chi connectivity index (χ0) is 40.0. The van der Waals surface area contributed by atoms with Crippen LogP contribution in [0.4, 0.5) is 41.5 Å². The Balaban J connectivity index is 1.36. The van der Waals surface area contributed by atoms with E-state index in [4.69, 9.17) is 21.1 Å². The molecule has 4 heterocycles. The van der Waals surface area contributed by atoms with Crippen molar-refractivity contribution in [1.29, 1.82) is 0 Å². The Morgan fingerprint density at radius 3 is 2.42 bits per heavy atom. The molecule has 1 aromatic carbocycles. The van der Waals surface area contributed by atoms with E-state index in [2.05, 4.69) is 25.4 Å². The molecule has 0 spiro atoms. The molecule has 0 bridgehead atoms. The third-order valence-corrected chi connectivity index (χ3v) is 9.54. The van der Waals surface area contributed by atoms with E-state index in [1.165, 1.54) is 26.4 Å². The molecule has 20 heteroatoms. The molecule has 6 rings (SSSR count). The van der Waals surface area contributed by atoms with Crippen LogP contribution in [0.15, 0.2) is 65.1 Å². The predicted octanol–water partition coefficient (Wildman–Crippen LogP) is 5.31. The Bertz CT molecular complexity index is 2100. The molecule has 2 fully saturated rings. The van der Waals surface area contributed by atoms with Crippen LogP contribution >= 0.6 is 0 Å². The van der Waals surface area contributed by atoms with E-state index in [0.717, 1.165) is 4.90 Å². The van der Waals surface area contributed by atoms with Crippen molar-refractivity contribution in [2.45, 2.75) is 57.5 Å². The molecule has 3 unspecified atom stereocenters. The number of carbonyl (C=O) groups excluding carboxylic acids is 2. The van der Waals surface area contributed by atoms with E-state index in [9.17, 15) is 40.3 Å². The molecule has 0 saturated carbocycles. The molecule has 2 aromatic heterocycles. The fourth-order valence-corrected chi connectivity index (χ4v) is 6.66. The maximum atomic E-state index is 13.8. The number of pyridine rings is 1. The number of anilines is 1. The molecule has 2 saturated heterocycles. The number of alkyl halides is 7. The average Bonchev–Trinajstić information content (AvgIpc) is 3.40. The molecule has 1 aliphatic carbocycles. The number of amides is 2. The number of benzene rings is 1. The summed E-state index contributed by atoms with van der Waals surface area (Å²) in [6.07, 6.45) is -10.7. The van der Waals surface area contributed by atoms with Gasteiger partial charge in [0.15, 0.2) is 0 Å². The molecule has 292 valence electrons. The molecular formula is C35H34F7N9O4. The van der Waals surface area contributed by atoms with Gasteiger partial charge in [-0.1, -0.05) is 12.1 Å². The number of aromatic nitrogens is 3. The topological polar surface area (TPSA) is 174 Å². The highest BCUT2D eigenvalue weighted by molar-refractivity contribution is 6.05. The number of ether oxygens (including phenoxy) is 2. The highest BCUT2D eigenvalue weighted by Gasteiger charge is 2.48. The van der Waals surface area contributed by atoms with Crippen molar-refractivity contribution in [3.8, 4) is 28.1 Å². The number of halogens is 7. The van der Waals surface area contributed by atoms with Gasteiger partial charge in [-0.15, -0.1) is 5.10 Å². The number of cyclic esters (lactones) is 1. The number of hydrazone groups is 1. The lowest BCUT2D eigenvalue weighted by Crippen LogP contribution is -2.49. The van der Waals surface area contributed by atoms with Gasteiger partial charge in [-0.3, -0.25) is 15.0 Å². The molecule has 3 atom stereocenters. The number of allylic oxidation sites excluding steroid dienone is 3. The number of methoxy groups -OCH3 is 1. The van der Waals surface area contributed by atoms with E-state index in [1.54, 1.807) is 36.1 Å². The van der Waals surface area contributed by atoms with Crippen LogP contribution in [0.1, 0.15) is 35.0 Å². The summed E-state index contributed by atoms with van der Waals surface area (Å²) in [4.78, 5) is 42.2. The second-order valence-corrected chi connectivity index (χ2v) is 13.2. The van der Waals surface area contributed by atoms with Crippen LogP contribution in [0, 0.1) is 12.8 Å². The third-order valence-electron chi connectivity index (χ3n) is 9.54. The van der Waals surface area contributed by atoms with E-state index >= 15 is 0 Å². The Labute approximate surface area is 308 Å². The highest BCUT2D eigenvalue weighted by Crippen LogP contribution is 2.44. The van der Waals surface area contributed by atoms with Crippen molar-refractivity contribution in [2.75, 3.05) is 25.1 Å². The summed E-state index contributed by atoms with van der Waals surface area (Å²) in [6.45, 7) is 2.90. The van der Waals surface area contributed by atoms with Crippen LogP contribution in [0.25, 0.3) is 22.3 Å². The quantitative estimate of drug-likeness (QED) is 0.0895. The second kappa shape index (κ2) is 14.7. The van der Waals surface area contributed by atoms with Crippen LogP contribution in [0.3, 0.4) is 0 Å². The minimum Gasteiger partial charge on any atom is -0.481 e. The number of rotatable bonds is 8. The average molecular weight is 778 g/mol. The van der Waals surface area contributed by atoms with Crippen LogP contribution in [-0.4, -0.2) is 88.7 Å². The first kappa shape index (κ1) is 38.8. The molecular weight excluding hydrogens is 743 g/mol. The van der Waals surface area contributed by atoms with Gasteiger partial charge < -0.3 is 25.9 Å². The van der Waals surface area contributed by atoms with Crippen LogP contribution < -0.4 is 26.5 Å². The second-order valence-electron chi connectivity index (χ2n) is 13.2. The number of carbonyl (C=O) groups is 2. The Morgan fingerprint density at radius 1 is 1.07 bits per heavy atom. The number of aryl methyl sites for hydroxylation is 1. The lowest BCUT2D eigenvalue weighted by molar-refractivity contribution is -0.101. The minimum absolute atomic E-state index is 0.00685. The number of nitrogens with zero attached hydrogens (tertiary/aromatic N) is 6. The fourth-order valence-electron chi connectivity index (χ4n) is 6.66. The van der Waals surface area contributed by atoms with Gasteiger partial charge in [-0.05, 0) is 55.7 Å². The first-order chi connectivity index (χ1) is 25.9. The zero-order valence-corrected chi connectivity index (χ0v) is 29.4. The molecule has 13 nitrogen and oxygen atoms in total. The van der Waals surface area contributed by atoms with Gasteiger partial charge in [0.2, 0.25) is 17.8 Å². The Kier molecular flexibility index (Phi) is 10.4. The van der Waals surface area contributed by atoms with E-state index in [1.807, 2.05) is 0 Å². The van der Waals surface area contributed by atoms with Gasteiger partial charge in [0, 0.05) is 46.1 Å². The van der Waals surface area contributed by atoms with E-state index in [-0.39, 0.29) is 54.8 Å². The first-order valence-corrected chi connectivity index (χ1v) is 16.7. The fraction of sp³-hybridized carbons (Fsp3) is 0.371. The SMILES string of the molecule is COc1ncc(-c2ccc(C(=O)NC(N)=NN)cc2C)cc1-c1cnc(N2CC(F)C2)nc1CN1C(=O)OC(C2C=C(C(F)(F)F)C=C(C(F)(F)F)C2)C1C. The molecule has 2 aliphatic heterocycles. The van der Waals surface area contributed by atoms with Crippen LogP contribution in [-0.2, 0) is 11.3 Å². The Hall–Kier alpha value is -5.95. The molecule has 2 amide bonds. The summed E-state index contributed by atoms with van der Waals surface area (Å²) in [6, 6.07) is 5.52. The number of nitrogens with two attached hydrogens (primary N) is 2. The summed E-state index contributed by atoms with van der Waals surface area (Å²) in [5.41, 5.74) is 5.61. The summed E-state index contributed by atoms with van der Waals surface area (Å²) < 4.78 is 107. The zero-order valence-electron chi connectivity index (χ0n) is 29.4. The van der Waals surface area contributed by atoms with E-state index in [0.29, 0.717) is 33.9 Å². The largest absolute Gasteiger partial charge is 0.481 e. The van der Waals surface area contributed by atoms with Crippen molar-refractivity contribution in [3.05, 3.63) is 76.8 Å². The lowest BCUT2D eigenvalue weighted by Gasteiger charge is -2.34. The smallest absolute Gasteiger partial charge is 0.416 e. The van der Waals surface area contributed by atoms with Crippen molar-refractivity contribution >= 4 is 23.9 Å². The van der Waals surface area contributed by atoms with Crippen LogP contribution in [0.5, 0.6) is 5.88 Å². The van der Waals surface area contributed by atoms with Crippen LogP contribution in [0.2, 0.25) is 0 Å². The van der Waals surface area contributed by atoms with Crippen molar-refractivity contribution in [3.63, 3.8) is 0 Å². The molecule has 3 aromatic rings. The number of hydrogen-bond donors (Lipinski definition) is 3. The standard InChI is InChI=1S/C35H34F7N9O4/c1-16-6-18(29(52)48-31(43)49-44)4-5-24(16)20-9-25(30(54-3)45-11-20)26-12-46-32(50-13-23(36)14-50)47-27(26)15-51-17(2)28(55-33(51)53)19-7-21(34(37,38)39)10-22(8-19)35(40,41)42/h4-7,9-12,17,19,23,28H,8,13-15,44H2,1-3H3,(H3,43,48,49,52). The molecule has 55 heavy (non-hydrogen) atoms. The van der Waals surface area contributed by atoms with Crippen molar-refractivity contribution < 1.29 is 49.8 Å². The van der Waals surface area contributed by atoms with Gasteiger partial charge in [-0.2, -0.15) is 26.3 Å². The lowest BCUT2D eigenvalue weighted by atomic mass is 9.83. The summed E-state index contributed by atoms with van der Waals surface area (Å²) in [7, 11) is 1.37. The van der Waals surface area contributed by atoms with Crippen molar-refractivity contribution in [2.24, 2.45) is 22.6 Å². The van der Waals surface area contributed by atoms with Gasteiger partial charge in [-0.25, -0.2) is 24.1 Å². The monoisotopic (exact) mass is 777 g/mol. The minimum atomic E-state index is -5.08. The first-order valence-electron chi connectivity index (χ1n) is 16.7. The molecule has 0 radical (unpaired) electrons. The normalized spacial score (nSPS) is 20.8. The third kappa shape index (κ3) is 7.97. The van der Waals surface area contributed by atoms with E-state index < -0.39 is 66.2 Å². The Morgan fingerprint density at radius 2 is 1.80 bits per heavy atom. The summed E-state index contributed by atoms with van der Waals surface area (Å²) in [5.74, 6) is 3.07. The van der Waals surface area contributed by atoms with Gasteiger partial charge in [0.05, 0.1) is 44.1 Å². The van der Waals surface area contributed by atoms with Gasteiger partial charge in [0.1, 0.15) is 12.3 Å². The summed E-state index contributed by atoms with van der Waals surface area (Å²) in [5, 5.41) is 5.57. The number of hydrogen-bond acceptors (Lipinski definition) is 10. The maximum absolute atomic E-state index is 13.8. The number of guanidine groups is 1. The van der Waals surface area contributed by atoms with Gasteiger partial charge in [0.25, 0.3) is 5.91 Å². The predicted molar refractivity (Wildman–Crippen MR) is 184 cm³/mol. The van der Waals surface area contributed by atoms with Crippen molar-refractivity contribution in [1.82, 2.24) is 25.2 Å². The highest BCUT2D eigenvalue weighted by atomic mass is 19.4. The molecule has 3 aliphatic rings. The maximum Gasteiger partial charge on any atom is 0.416 e. The summed E-state index contributed by atoms with van der Waals surface area (Å²) >= 11 is 0. The molecule has 5 N–H and O–H groups in total. The van der Waals surface area contributed by atoms with Gasteiger partial charge >= 0.3 is 18.4 Å². The number of nitrogens with one attached hydrogen (secondary N) is 1.